The monoisotopic (exact) mass is 535 g/mol. The smallest absolute Gasteiger partial charge is 0.421 e. The number of hydrogen-bond donors (Lipinski definition) is 1. The second-order valence-electron chi connectivity index (χ2n) is 8.41. The molecular formula is C24H25F4N7OS. The van der Waals surface area contributed by atoms with Crippen molar-refractivity contribution in [2.24, 2.45) is 10.7 Å². The van der Waals surface area contributed by atoms with E-state index in [1.807, 2.05) is 11.0 Å². The Morgan fingerprint density at radius 2 is 1.95 bits per heavy atom. The molecule has 2 N–H and O–H groups in total. The van der Waals surface area contributed by atoms with Gasteiger partial charge in [-0.15, -0.1) is 14.5 Å². The summed E-state index contributed by atoms with van der Waals surface area (Å²) in [5.74, 6) is -0.409. The van der Waals surface area contributed by atoms with Gasteiger partial charge in [0.1, 0.15) is 17.1 Å². The van der Waals surface area contributed by atoms with E-state index in [1.165, 1.54) is 17.6 Å². The first-order valence-electron chi connectivity index (χ1n) is 11.4. The number of fused-ring (bicyclic) bond motifs is 1. The van der Waals surface area contributed by atoms with Gasteiger partial charge in [-0.2, -0.15) is 13.2 Å². The summed E-state index contributed by atoms with van der Waals surface area (Å²) in [7, 11) is 3.15. The summed E-state index contributed by atoms with van der Waals surface area (Å²) >= 11 is -2.12. The Kier molecular flexibility index (Phi) is 7.95. The van der Waals surface area contributed by atoms with Crippen LogP contribution in [0.2, 0.25) is 0 Å². The number of pyridine rings is 1. The molecule has 0 radical (unpaired) electrons. The number of nitrogens with two attached hydrogens (primary N) is 1. The highest BCUT2D eigenvalue weighted by Crippen LogP contribution is 2.37. The van der Waals surface area contributed by atoms with Gasteiger partial charge in [0.25, 0.3) is 0 Å². The van der Waals surface area contributed by atoms with Crippen molar-refractivity contribution in [2.45, 2.75) is 30.0 Å². The summed E-state index contributed by atoms with van der Waals surface area (Å²) in [5, 5.41) is 10.4. The molecule has 8 nitrogen and oxygen atoms in total. The Bertz CT molecular complexity index is 1330. The molecule has 4 rings (SSSR count). The van der Waals surface area contributed by atoms with Gasteiger partial charge in [-0.1, -0.05) is 0 Å². The van der Waals surface area contributed by atoms with Crippen LogP contribution in [-0.2, 0) is 17.5 Å². The molecule has 0 aliphatic carbocycles. The molecule has 3 aromatic rings. The first-order chi connectivity index (χ1) is 17.7. The van der Waals surface area contributed by atoms with E-state index in [0.717, 1.165) is 22.9 Å². The van der Waals surface area contributed by atoms with Crippen molar-refractivity contribution in [3.05, 3.63) is 66.0 Å². The fourth-order valence-corrected chi connectivity index (χ4v) is 5.70. The van der Waals surface area contributed by atoms with Crippen LogP contribution in [0.5, 0.6) is 0 Å². The second kappa shape index (κ2) is 11.0. The van der Waals surface area contributed by atoms with Gasteiger partial charge in [-0.3, -0.25) is 9.98 Å². The second-order valence-corrected chi connectivity index (χ2v) is 9.93. The summed E-state index contributed by atoms with van der Waals surface area (Å²) in [4.78, 5) is 10.0. The lowest BCUT2D eigenvalue weighted by Gasteiger charge is -2.37. The Balaban J connectivity index is 1.54. The standard InChI is InChI=1S/C24H25F4N7OS/c1-30-20(5-9-29)22-17-6-10-31-14-18(17)23(33-32-22)35-11-7-16(8-12-35)34(2)37(36)21-4-3-15(25)13-19(21)24(26,27)28/h3-6,9-10,13-14,16H,7-8,11-12,29H2,1-2H3. The molecule has 0 spiro atoms. The predicted octanol–water partition coefficient (Wildman–Crippen LogP) is 3.70. The fraction of sp³-hybridized carbons (Fsp3) is 0.333. The Labute approximate surface area is 214 Å². The van der Waals surface area contributed by atoms with Crippen LogP contribution in [0, 0.1) is 5.82 Å². The van der Waals surface area contributed by atoms with E-state index in [9.17, 15) is 22.1 Å². The van der Waals surface area contributed by atoms with Crippen LogP contribution < -0.4 is 10.6 Å². The summed E-state index contributed by atoms with van der Waals surface area (Å²) in [5.41, 5.74) is 5.44. The van der Waals surface area contributed by atoms with Crippen molar-refractivity contribution in [2.75, 3.05) is 32.1 Å². The van der Waals surface area contributed by atoms with Gasteiger partial charge in [0, 0.05) is 50.4 Å². The highest BCUT2D eigenvalue weighted by atomic mass is 32.2. The fourth-order valence-electron chi connectivity index (χ4n) is 4.37. The minimum absolute atomic E-state index is 0.256. The maximum absolute atomic E-state index is 13.5. The first kappa shape index (κ1) is 26.8. The number of aromatic nitrogens is 3. The third kappa shape index (κ3) is 5.53. The Morgan fingerprint density at radius 1 is 1.22 bits per heavy atom. The molecule has 1 aromatic carbocycles. The van der Waals surface area contributed by atoms with Crippen molar-refractivity contribution >= 4 is 33.7 Å². The topological polar surface area (TPSA) is 107 Å². The molecule has 1 saturated heterocycles. The third-order valence-electron chi connectivity index (χ3n) is 6.27. The number of rotatable bonds is 6. The minimum atomic E-state index is -4.82. The lowest BCUT2D eigenvalue weighted by molar-refractivity contribution is -0.140. The molecule has 1 aliphatic heterocycles. The summed E-state index contributed by atoms with van der Waals surface area (Å²) < 4.78 is 68.3. The van der Waals surface area contributed by atoms with Gasteiger partial charge < -0.3 is 15.2 Å². The van der Waals surface area contributed by atoms with E-state index < -0.39 is 33.8 Å². The van der Waals surface area contributed by atoms with Gasteiger partial charge in [0.05, 0.1) is 23.1 Å². The quantitative estimate of drug-likeness (QED) is 0.291. The van der Waals surface area contributed by atoms with Crippen molar-refractivity contribution in [3.8, 4) is 0 Å². The summed E-state index contributed by atoms with van der Waals surface area (Å²) in [6.07, 6.45) is 2.58. The largest absolute Gasteiger partial charge is 0.593 e. The van der Waals surface area contributed by atoms with Crippen molar-refractivity contribution in [1.82, 2.24) is 19.5 Å². The minimum Gasteiger partial charge on any atom is -0.593 e. The molecule has 2 aromatic heterocycles. The molecule has 1 unspecified atom stereocenters. The summed E-state index contributed by atoms with van der Waals surface area (Å²) in [6, 6.07) is 3.77. The molecule has 13 heteroatoms. The van der Waals surface area contributed by atoms with Gasteiger partial charge in [0.15, 0.2) is 10.7 Å². The number of alkyl halides is 3. The van der Waals surface area contributed by atoms with Crippen LogP contribution in [-0.4, -0.2) is 63.0 Å². The van der Waals surface area contributed by atoms with Crippen LogP contribution in [0.25, 0.3) is 10.8 Å². The molecule has 1 atom stereocenters. The maximum Gasteiger partial charge on any atom is 0.421 e. The zero-order chi connectivity index (χ0) is 26.7. The van der Waals surface area contributed by atoms with E-state index >= 15 is 0 Å². The zero-order valence-electron chi connectivity index (χ0n) is 20.1. The zero-order valence-corrected chi connectivity index (χ0v) is 20.9. The number of anilines is 1. The van der Waals surface area contributed by atoms with Crippen LogP contribution in [0.3, 0.4) is 0 Å². The summed E-state index contributed by atoms with van der Waals surface area (Å²) in [6.45, 7) is 1.02. The third-order valence-corrected chi connectivity index (χ3v) is 7.83. The number of hydrogen-bond acceptors (Lipinski definition) is 8. The van der Waals surface area contributed by atoms with Crippen molar-refractivity contribution < 1.29 is 22.1 Å². The molecule has 1 aliphatic rings. The van der Waals surface area contributed by atoms with E-state index in [0.29, 0.717) is 49.2 Å². The molecule has 0 bridgehead atoms. The molecule has 196 valence electrons. The van der Waals surface area contributed by atoms with Crippen LogP contribution in [0.15, 0.2) is 58.8 Å². The highest BCUT2D eigenvalue weighted by Gasteiger charge is 2.41. The number of allylic oxidation sites excluding steroid dienone is 1. The van der Waals surface area contributed by atoms with E-state index in [2.05, 4.69) is 20.2 Å². The number of piperidine rings is 1. The Morgan fingerprint density at radius 3 is 2.59 bits per heavy atom. The number of benzene rings is 1. The lowest BCUT2D eigenvalue weighted by atomic mass is 10.0. The molecule has 3 heterocycles. The first-order valence-corrected chi connectivity index (χ1v) is 12.5. The number of halogens is 4. The molecule has 0 saturated carbocycles. The van der Waals surface area contributed by atoms with E-state index in [4.69, 9.17) is 5.73 Å². The van der Waals surface area contributed by atoms with Crippen LogP contribution >= 0.6 is 0 Å². The van der Waals surface area contributed by atoms with Gasteiger partial charge >= 0.3 is 6.18 Å². The molecule has 37 heavy (non-hydrogen) atoms. The lowest BCUT2D eigenvalue weighted by Crippen LogP contribution is -2.46. The molecule has 0 amide bonds. The normalized spacial score (nSPS) is 16.8. The maximum atomic E-state index is 13.5. The SMILES string of the molecule is CN=C(C=CN)c1nnc(N2CCC(N(C)[S+]([O-])c3ccc(F)cc3C(F)(F)F)CC2)c2cnccc12. The van der Waals surface area contributed by atoms with E-state index in [-0.39, 0.29) is 6.04 Å². The van der Waals surface area contributed by atoms with E-state index in [1.54, 1.807) is 25.5 Å². The number of aliphatic imine (C=N–C) groups is 1. The van der Waals surface area contributed by atoms with Crippen LogP contribution in [0.1, 0.15) is 24.1 Å². The van der Waals surface area contributed by atoms with Crippen molar-refractivity contribution in [1.29, 1.82) is 0 Å². The molecule has 1 fully saturated rings. The van der Waals surface area contributed by atoms with Crippen molar-refractivity contribution in [3.63, 3.8) is 0 Å². The van der Waals surface area contributed by atoms with Crippen LogP contribution in [0.4, 0.5) is 23.4 Å². The average Bonchev–Trinajstić information content (AvgIpc) is 2.90. The van der Waals surface area contributed by atoms with Gasteiger partial charge in [-0.25, -0.2) is 4.39 Å². The van der Waals surface area contributed by atoms with Gasteiger partial charge in [-0.05, 0) is 49.4 Å². The number of nitrogens with zero attached hydrogens (tertiary/aromatic N) is 6. The highest BCUT2D eigenvalue weighted by molar-refractivity contribution is 7.89. The molecular weight excluding hydrogens is 510 g/mol. The predicted molar refractivity (Wildman–Crippen MR) is 134 cm³/mol. The van der Waals surface area contributed by atoms with Gasteiger partial charge in [0.2, 0.25) is 0 Å². The Hall–Kier alpha value is -3.29. The average molecular weight is 536 g/mol.